The van der Waals surface area contributed by atoms with Crippen molar-refractivity contribution in [1.29, 1.82) is 0 Å². The molecule has 0 aliphatic carbocycles. The molecule has 2 aromatic heterocycles. The molecule has 0 radical (unpaired) electrons. The molecule has 7 nitrogen and oxygen atoms in total. The maximum absolute atomic E-state index is 13.3. The fourth-order valence-electron chi connectivity index (χ4n) is 3.33. The second-order valence-corrected chi connectivity index (χ2v) is 14.6. The lowest BCUT2D eigenvalue weighted by Crippen LogP contribution is -2.28. The van der Waals surface area contributed by atoms with E-state index in [-0.39, 0.29) is 11.3 Å². The smallest absolute Gasteiger partial charge is 0.372 e. The lowest BCUT2D eigenvalue weighted by molar-refractivity contribution is -0.137. The predicted octanol–water partition coefficient (Wildman–Crippen LogP) is 4.58. The number of benzene rings is 1. The fourth-order valence-corrected chi connectivity index (χ4v) is 4.09. The zero-order chi connectivity index (χ0) is 23.7. The molecule has 1 unspecified atom stereocenters. The third-order valence-electron chi connectivity index (χ3n) is 5.20. The molecule has 0 amide bonds. The maximum Gasteiger partial charge on any atom is 0.416 e. The molecule has 0 fully saturated rings. The van der Waals surface area contributed by atoms with Crippen molar-refractivity contribution in [2.45, 2.75) is 51.6 Å². The van der Waals surface area contributed by atoms with E-state index in [1.165, 1.54) is 10.6 Å². The third kappa shape index (κ3) is 5.39. The second-order valence-electron chi connectivity index (χ2n) is 8.93. The number of alkyl halides is 3. The summed E-state index contributed by atoms with van der Waals surface area (Å²) < 4.78 is 48.7. The predicted molar refractivity (Wildman–Crippen MR) is 121 cm³/mol. The average molecular weight is 468 g/mol. The minimum atomic E-state index is -4.53. The molecule has 0 bridgehead atoms. The van der Waals surface area contributed by atoms with Crippen molar-refractivity contribution in [3.05, 3.63) is 52.5 Å². The first-order valence-electron chi connectivity index (χ1n) is 10.3. The number of aromatic nitrogens is 4. The van der Waals surface area contributed by atoms with Gasteiger partial charge in [-0.1, -0.05) is 19.6 Å². The number of nitrogens with zero attached hydrogens (tertiary/aromatic N) is 4. The van der Waals surface area contributed by atoms with Crippen LogP contribution in [0.1, 0.15) is 24.2 Å². The van der Waals surface area contributed by atoms with Gasteiger partial charge in [0.1, 0.15) is 12.5 Å². The summed E-state index contributed by atoms with van der Waals surface area (Å²) in [5.41, 5.74) is -0.828. The summed E-state index contributed by atoms with van der Waals surface area (Å²) in [6.45, 7) is 9.49. The summed E-state index contributed by atoms with van der Waals surface area (Å²) >= 11 is 0. The van der Waals surface area contributed by atoms with E-state index in [4.69, 9.17) is 4.74 Å². The molecule has 3 rings (SSSR count). The molecule has 32 heavy (non-hydrogen) atoms. The first kappa shape index (κ1) is 24.0. The molecule has 174 valence electrons. The minimum Gasteiger partial charge on any atom is -0.372 e. The highest BCUT2D eigenvalue weighted by molar-refractivity contribution is 6.76. The van der Waals surface area contributed by atoms with Crippen LogP contribution in [0.15, 0.2) is 35.5 Å². The van der Waals surface area contributed by atoms with Crippen LogP contribution >= 0.6 is 0 Å². The topological polar surface area (TPSA) is 74.0 Å². The van der Waals surface area contributed by atoms with Crippen molar-refractivity contribution >= 4 is 24.8 Å². The van der Waals surface area contributed by atoms with E-state index in [1.807, 2.05) is 0 Å². The van der Waals surface area contributed by atoms with Crippen LogP contribution in [-0.2, 0) is 17.6 Å². The molecular weight excluding hydrogens is 439 g/mol. The monoisotopic (exact) mass is 467 g/mol. The number of hydrogen-bond acceptors (Lipinski definition) is 5. The largest absolute Gasteiger partial charge is 0.416 e. The van der Waals surface area contributed by atoms with Crippen LogP contribution < -0.4 is 11.0 Å². The highest BCUT2D eigenvalue weighted by atomic mass is 28.3. The highest BCUT2D eigenvalue weighted by Gasteiger charge is 2.31. The molecule has 3 aromatic rings. The SMILES string of the molecule is CNc1nc(=O)n(C(C)c2cn(COCC[Si](C)(C)C)cn2)c2cc(C(F)(F)F)ccc12. The molecule has 1 N–H and O–H groups in total. The Kier molecular flexibility index (Phi) is 6.79. The zero-order valence-electron chi connectivity index (χ0n) is 18.8. The van der Waals surface area contributed by atoms with Crippen LogP contribution in [0.3, 0.4) is 0 Å². The number of imidazole rings is 1. The van der Waals surface area contributed by atoms with Crippen LogP contribution in [-0.4, -0.2) is 40.8 Å². The Morgan fingerprint density at radius 1 is 1.25 bits per heavy atom. The number of nitrogens with one attached hydrogen (secondary N) is 1. The van der Waals surface area contributed by atoms with Gasteiger partial charge in [-0.15, -0.1) is 0 Å². The summed E-state index contributed by atoms with van der Waals surface area (Å²) in [6.07, 6.45) is -1.21. The molecule has 1 aromatic carbocycles. The van der Waals surface area contributed by atoms with E-state index in [2.05, 4.69) is 34.9 Å². The number of halogens is 3. The average Bonchev–Trinajstić information content (AvgIpc) is 3.17. The van der Waals surface area contributed by atoms with Crippen LogP contribution in [0.4, 0.5) is 19.0 Å². The first-order valence-corrected chi connectivity index (χ1v) is 14.0. The molecule has 0 spiro atoms. The van der Waals surface area contributed by atoms with Crippen molar-refractivity contribution in [2.75, 3.05) is 19.0 Å². The van der Waals surface area contributed by atoms with E-state index in [1.54, 1.807) is 31.1 Å². The van der Waals surface area contributed by atoms with Gasteiger partial charge >= 0.3 is 11.9 Å². The Morgan fingerprint density at radius 3 is 2.59 bits per heavy atom. The maximum atomic E-state index is 13.3. The van der Waals surface area contributed by atoms with Crippen molar-refractivity contribution in [3.8, 4) is 0 Å². The number of fused-ring (bicyclic) bond motifs is 1. The molecule has 2 heterocycles. The summed E-state index contributed by atoms with van der Waals surface area (Å²) in [7, 11) is 0.375. The van der Waals surface area contributed by atoms with Gasteiger partial charge < -0.3 is 14.6 Å². The Morgan fingerprint density at radius 2 is 1.97 bits per heavy atom. The zero-order valence-corrected chi connectivity index (χ0v) is 19.8. The Hall–Kier alpha value is -2.66. The van der Waals surface area contributed by atoms with Crippen LogP contribution in [0.25, 0.3) is 10.9 Å². The standard InChI is InChI=1S/C21H28F3N5O2Si/c1-14(17-11-28(12-26-17)13-31-8-9-32(3,4)5)29-18-10-15(21(22,23)24)6-7-16(18)19(25-2)27-20(29)30/h6-7,10-12,14H,8-9,13H2,1-5H3,(H,25,27,30). The summed E-state index contributed by atoms with van der Waals surface area (Å²) in [5.74, 6) is 0.225. The van der Waals surface area contributed by atoms with E-state index in [0.717, 1.165) is 18.2 Å². The van der Waals surface area contributed by atoms with Gasteiger partial charge in [-0.2, -0.15) is 18.2 Å². The molecular formula is C21H28F3N5O2Si. The van der Waals surface area contributed by atoms with Gasteiger partial charge in [-0.3, -0.25) is 4.57 Å². The Labute approximate surface area is 185 Å². The van der Waals surface area contributed by atoms with E-state index >= 15 is 0 Å². The molecule has 0 saturated carbocycles. The van der Waals surface area contributed by atoms with Crippen molar-refractivity contribution in [2.24, 2.45) is 0 Å². The number of ether oxygens (including phenoxy) is 1. The molecule has 0 aliphatic heterocycles. The van der Waals surface area contributed by atoms with Gasteiger partial charge in [-0.05, 0) is 31.2 Å². The summed E-state index contributed by atoms with van der Waals surface area (Å²) in [4.78, 5) is 21.1. The quantitative estimate of drug-likeness (QED) is 0.388. The van der Waals surface area contributed by atoms with Gasteiger partial charge in [0, 0.05) is 33.3 Å². The van der Waals surface area contributed by atoms with Gasteiger partial charge in [-0.25, -0.2) is 9.78 Å². The van der Waals surface area contributed by atoms with E-state index in [0.29, 0.717) is 24.4 Å². The van der Waals surface area contributed by atoms with Crippen molar-refractivity contribution < 1.29 is 17.9 Å². The summed E-state index contributed by atoms with van der Waals surface area (Å²) in [5, 5.41) is 3.20. The lowest BCUT2D eigenvalue weighted by atomic mass is 10.1. The van der Waals surface area contributed by atoms with E-state index < -0.39 is 31.5 Å². The van der Waals surface area contributed by atoms with Gasteiger partial charge in [0.2, 0.25) is 0 Å². The Bertz CT molecular complexity index is 1150. The van der Waals surface area contributed by atoms with Crippen LogP contribution in [0.2, 0.25) is 25.7 Å². The van der Waals surface area contributed by atoms with Crippen LogP contribution in [0.5, 0.6) is 0 Å². The normalized spacial score (nSPS) is 13.5. The van der Waals surface area contributed by atoms with Gasteiger partial charge in [0.15, 0.2) is 0 Å². The Balaban J connectivity index is 1.94. The van der Waals surface area contributed by atoms with Crippen molar-refractivity contribution in [1.82, 2.24) is 19.1 Å². The van der Waals surface area contributed by atoms with Crippen molar-refractivity contribution in [3.63, 3.8) is 0 Å². The van der Waals surface area contributed by atoms with Gasteiger partial charge in [0.05, 0.1) is 29.1 Å². The first-order chi connectivity index (χ1) is 14.9. The highest BCUT2D eigenvalue weighted by Crippen LogP contribution is 2.33. The lowest BCUT2D eigenvalue weighted by Gasteiger charge is -2.18. The summed E-state index contributed by atoms with van der Waals surface area (Å²) in [6, 6.07) is 3.69. The molecule has 11 heteroatoms. The fraction of sp³-hybridized carbons (Fsp3) is 0.476. The van der Waals surface area contributed by atoms with E-state index in [9.17, 15) is 18.0 Å². The van der Waals surface area contributed by atoms with Crippen LogP contribution in [0, 0.1) is 0 Å². The number of rotatable bonds is 8. The third-order valence-corrected chi connectivity index (χ3v) is 6.90. The minimum absolute atomic E-state index is 0.137. The number of hydrogen-bond donors (Lipinski definition) is 1. The molecule has 0 aliphatic rings. The molecule has 0 saturated heterocycles. The van der Waals surface area contributed by atoms with Gasteiger partial charge in [0.25, 0.3) is 0 Å². The molecule has 1 atom stereocenters. The number of anilines is 1. The second kappa shape index (κ2) is 9.06.